The highest BCUT2D eigenvalue weighted by atomic mass is 16.2. The highest BCUT2D eigenvalue weighted by molar-refractivity contribution is 6.46. The van der Waals surface area contributed by atoms with Crippen LogP contribution in [0.2, 0.25) is 0 Å². The SMILES string of the molecule is Cc1cc(C)nc(N2CCN(c3ccc(NC(=O)C(=O)c4c(C5CCN(C)CC5)cc5ccccn45)cc3)CC2)c1. The maximum atomic E-state index is 13.6. The number of nitrogens with one attached hydrogen (secondary N) is 1. The van der Waals surface area contributed by atoms with Crippen LogP contribution in [0.4, 0.5) is 17.2 Å². The lowest BCUT2D eigenvalue weighted by atomic mass is 9.88. The first-order chi connectivity index (χ1) is 19.9. The van der Waals surface area contributed by atoms with Crippen LogP contribution in [0, 0.1) is 13.8 Å². The summed E-state index contributed by atoms with van der Waals surface area (Å²) in [6.07, 6.45) is 3.83. The predicted octanol–water partition coefficient (Wildman–Crippen LogP) is 4.91. The lowest BCUT2D eigenvalue weighted by Crippen LogP contribution is -2.46. The van der Waals surface area contributed by atoms with Crippen molar-refractivity contribution in [1.82, 2.24) is 14.3 Å². The summed E-state index contributed by atoms with van der Waals surface area (Å²) in [6.45, 7) is 9.69. The third kappa shape index (κ3) is 5.70. The first-order valence-corrected chi connectivity index (χ1v) is 14.5. The second-order valence-corrected chi connectivity index (χ2v) is 11.5. The summed E-state index contributed by atoms with van der Waals surface area (Å²) >= 11 is 0. The molecule has 5 heterocycles. The van der Waals surface area contributed by atoms with Crippen molar-refractivity contribution in [3.8, 4) is 0 Å². The number of ketones is 1. The van der Waals surface area contributed by atoms with Crippen molar-refractivity contribution in [2.45, 2.75) is 32.6 Å². The number of hydrogen-bond acceptors (Lipinski definition) is 6. The van der Waals surface area contributed by atoms with Gasteiger partial charge in [-0.3, -0.25) is 9.59 Å². The van der Waals surface area contributed by atoms with E-state index in [-0.39, 0.29) is 5.92 Å². The molecule has 1 aromatic carbocycles. The molecule has 3 aromatic heterocycles. The quantitative estimate of drug-likeness (QED) is 0.272. The van der Waals surface area contributed by atoms with E-state index in [0.717, 1.165) is 80.4 Å². The zero-order chi connectivity index (χ0) is 28.5. The number of carbonyl (C=O) groups excluding carboxylic acids is 2. The monoisotopic (exact) mass is 550 g/mol. The number of fused-ring (bicyclic) bond motifs is 1. The molecule has 4 aromatic rings. The minimum atomic E-state index is -0.606. The van der Waals surface area contributed by atoms with Crippen molar-refractivity contribution in [3.63, 3.8) is 0 Å². The Morgan fingerprint density at radius 1 is 0.854 bits per heavy atom. The summed E-state index contributed by atoms with van der Waals surface area (Å²) in [5.41, 5.74) is 6.40. The molecule has 0 spiro atoms. The third-order valence-electron chi connectivity index (χ3n) is 8.47. The molecule has 2 saturated heterocycles. The Kier molecular flexibility index (Phi) is 7.49. The number of pyridine rings is 2. The second-order valence-electron chi connectivity index (χ2n) is 11.5. The van der Waals surface area contributed by atoms with Crippen LogP contribution in [-0.4, -0.2) is 72.3 Å². The number of Topliss-reactive ketones (excluding diaryl/α,β-unsaturated/α-hetero) is 1. The number of rotatable bonds is 6. The van der Waals surface area contributed by atoms with Gasteiger partial charge >= 0.3 is 0 Å². The number of hydrogen-bond donors (Lipinski definition) is 1. The average Bonchev–Trinajstić information content (AvgIpc) is 3.37. The number of anilines is 3. The molecule has 1 amide bonds. The lowest BCUT2D eigenvalue weighted by molar-refractivity contribution is -0.112. The lowest BCUT2D eigenvalue weighted by Gasteiger charge is -2.37. The fourth-order valence-electron chi connectivity index (χ4n) is 6.24. The topological polar surface area (TPSA) is 73.2 Å². The molecule has 0 saturated carbocycles. The second kappa shape index (κ2) is 11.4. The van der Waals surface area contributed by atoms with Gasteiger partial charge in [-0.25, -0.2) is 4.98 Å². The molecule has 0 unspecified atom stereocenters. The summed E-state index contributed by atoms with van der Waals surface area (Å²) in [5.74, 6) is 0.207. The molecule has 2 aliphatic heterocycles. The van der Waals surface area contributed by atoms with Crippen molar-refractivity contribution in [2.24, 2.45) is 0 Å². The number of aryl methyl sites for hydroxylation is 2. The molecule has 8 heteroatoms. The van der Waals surface area contributed by atoms with Crippen LogP contribution in [-0.2, 0) is 4.79 Å². The minimum Gasteiger partial charge on any atom is -0.368 e. The minimum absolute atomic E-state index is 0.267. The van der Waals surface area contributed by atoms with Gasteiger partial charge in [-0.2, -0.15) is 0 Å². The van der Waals surface area contributed by atoms with E-state index in [0.29, 0.717) is 11.4 Å². The van der Waals surface area contributed by atoms with Gasteiger partial charge < -0.3 is 24.4 Å². The Bertz CT molecular complexity index is 1540. The van der Waals surface area contributed by atoms with Gasteiger partial charge in [0.25, 0.3) is 11.7 Å². The van der Waals surface area contributed by atoms with Crippen molar-refractivity contribution in [2.75, 3.05) is 61.4 Å². The molecular weight excluding hydrogens is 512 g/mol. The van der Waals surface area contributed by atoms with Crippen molar-refractivity contribution < 1.29 is 9.59 Å². The molecule has 0 aliphatic carbocycles. The normalized spacial score (nSPS) is 16.8. The van der Waals surface area contributed by atoms with Gasteiger partial charge in [0, 0.05) is 55.0 Å². The average molecular weight is 551 g/mol. The molecule has 0 bridgehead atoms. The summed E-state index contributed by atoms with van der Waals surface area (Å²) < 4.78 is 1.87. The fourth-order valence-corrected chi connectivity index (χ4v) is 6.24. The number of nitrogens with zero attached hydrogens (tertiary/aromatic N) is 5. The van der Waals surface area contributed by atoms with Crippen molar-refractivity contribution in [3.05, 3.63) is 89.4 Å². The maximum Gasteiger partial charge on any atom is 0.298 e. The molecule has 0 radical (unpaired) electrons. The standard InChI is InChI=1S/C33H38N6O2/c1-23-20-24(2)34-30(21-23)38-18-16-37(17-19-38)27-9-7-26(8-10-27)35-33(41)32(40)31-29(25-11-14-36(3)15-12-25)22-28-6-4-5-13-39(28)31/h4-10,13,20-22,25H,11-12,14-19H2,1-3H3,(H,35,41). The summed E-state index contributed by atoms with van der Waals surface area (Å²) in [5, 5.41) is 2.86. The fraction of sp³-hybridized carbons (Fsp3) is 0.364. The summed E-state index contributed by atoms with van der Waals surface area (Å²) in [7, 11) is 2.13. The molecular formula is C33H38N6O2. The van der Waals surface area contributed by atoms with E-state index in [1.54, 1.807) is 0 Å². The first kappa shape index (κ1) is 27.0. The van der Waals surface area contributed by atoms with Gasteiger partial charge in [-0.1, -0.05) is 6.07 Å². The van der Waals surface area contributed by atoms with Crippen LogP contribution >= 0.6 is 0 Å². The van der Waals surface area contributed by atoms with E-state index in [9.17, 15) is 9.59 Å². The van der Waals surface area contributed by atoms with E-state index in [2.05, 4.69) is 52.2 Å². The number of piperidine rings is 1. The van der Waals surface area contributed by atoms with Crippen LogP contribution in [0.5, 0.6) is 0 Å². The molecule has 2 fully saturated rings. The molecule has 2 aliphatic rings. The Balaban J connectivity index is 1.12. The largest absolute Gasteiger partial charge is 0.368 e. The zero-order valence-corrected chi connectivity index (χ0v) is 24.1. The number of carbonyl (C=O) groups is 2. The van der Waals surface area contributed by atoms with Gasteiger partial charge in [0.15, 0.2) is 0 Å². The van der Waals surface area contributed by atoms with Crippen molar-refractivity contribution >= 4 is 34.4 Å². The van der Waals surface area contributed by atoms with E-state index in [1.807, 2.05) is 60.0 Å². The molecule has 8 nitrogen and oxygen atoms in total. The van der Waals surface area contributed by atoms with Crippen LogP contribution in [0.1, 0.15) is 46.1 Å². The van der Waals surface area contributed by atoms with Crippen LogP contribution < -0.4 is 15.1 Å². The Morgan fingerprint density at radius 2 is 1.56 bits per heavy atom. The molecule has 0 atom stereocenters. The highest BCUT2D eigenvalue weighted by Crippen LogP contribution is 2.33. The Hall–Kier alpha value is -4.17. The van der Waals surface area contributed by atoms with Crippen LogP contribution in [0.15, 0.2) is 66.9 Å². The van der Waals surface area contributed by atoms with Gasteiger partial charge in [0.1, 0.15) is 11.5 Å². The number of aromatic nitrogens is 2. The van der Waals surface area contributed by atoms with E-state index >= 15 is 0 Å². The summed E-state index contributed by atoms with van der Waals surface area (Å²) in [6, 6.07) is 20.0. The third-order valence-corrected chi connectivity index (χ3v) is 8.47. The number of benzene rings is 1. The van der Waals surface area contributed by atoms with Gasteiger partial charge in [0.2, 0.25) is 0 Å². The van der Waals surface area contributed by atoms with E-state index in [4.69, 9.17) is 4.98 Å². The maximum absolute atomic E-state index is 13.6. The zero-order valence-electron chi connectivity index (χ0n) is 24.1. The van der Waals surface area contributed by atoms with Crippen LogP contribution in [0.3, 0.4) is 0 Å². The number of piperazine rings is 1. The molecule has 1 N–H and O–H groups in total. The van der Waals surface area contributed by atoms with Gasteiger partial charge in [-0.05, 0) is 118 Å². The van der Waals surface area contributed by atoms with E-state index < -0.39 is 11.7 Å². The molecule has 212 valence electrons. The summed E-state index contributed by atoms with van der Waals surface area (Å²) in [4.78, 5) is 38.5. The number of likely N-dealkylation sites (tertiary alicyclic amines) is 1. The van der Waals surface area contributed by atoms with E-state index in [1.165, 1.54) is 5.56 Å². The van der Waals surface area contributed by atoms with Crippen molar-refractivity contribution in [1.29, 1.82) is 0 Å². The molecule has 6 rings (SSSR count). The van der Waals surface area contributed by atoms with Gasteiger partial charge in [0.05, 0.1) is 0 Å². The highest BCUT2D eigenvalue weighted by Gasteiger charge is 2.29. The molecule has 41 heavy (non-hydrogen) atoms. The Morgan fingerprint density at radius 3 is 2.27 bits per heavy atom. The number of amides is 1. The van der Waals surface area contributed by atoms with Crippen LogP contribution in [0.25, 0.3) is 5.52 Å². The smallest absolute Gasteiger partial charge is 0.298 e. The van der Waals surface area contributed by atoms with Gasteiger partial charge in [-0.15, -0.1) is 0 Å². The first-order valence-electron chi connectivity index (χ1n) is 14.5. The Labute approximate surface area is 241 Å². The predicted molar refractivity (Wildman–Crippen MR) is 164 cm³/mol.